The van der Waals surface area contributed by atoms with Gasteiger partial charge < -0.3 is 4.90 Å². The monoisotopic (exact) mass is 421 g/mol. The van der Waals surface area contributed by atoms with Gasteiger partial charge in [-0.2, -0.15) is 5.10 Å². The molecule has 1 unspecified atom stereocenters. The number of rotatable bonds is 2. The first-order valence-electron chi connectivity index (χ1n) is 9.41. The van der Waals surface area contributed by atoms with Crippen molar-refractivity contribution in [2.45, 2.75) is 38.6 Å². The highest BCUT2D eigenvalue weighted by atomic mass is 79.9. The van der Waals surface area contributed by atoms with E-state index < -0.39 is 0 Å². The number of hydrogen-bond donors (Lipinski definition) is 0. The number of carbonyl (C=O) groups excluding carboxylic acids is 1. The van der Waals surface area contributed by atoms with E-state index in [0.717, 1.165) is 47.1 Å². The van der Waals surface area contributed by atoms with E-state index in [-0.39, 0.29) is 11.9 Å². The maximum atomic E-state index is 13.5. The molecular weight excluding hydrogens is 402 g/mol. The second-order valence-corrected chi connectivity index (χ2v) is 8.29. The van der Waals surface area contributed by atoms with Crippen LogP contribution in [0.15, 0.2) is 53.0 Å². The lowest BCUT2D eigenvalue weighted by Gasteiger charge is -2.22. The van der Waals surface area contributed by atoms with E-state index in [9.17, 15) is 4.79 Å². The van der Waals surface area contributed by atoms with Crippen LogP contribution in [-0.2, 0) is 19.3 Å². The molecule has 1 amide bonds. The first kappa shape index (κ1) is 16.8. The lowest BCUT2D eigenvalue weighted by atomic mass is 10.1. The highest BCUT2D eigenvalue weighted by Gasteiger charge is 2.36. The molecule has 1 aromatic heterocycles. The fraction of sp³-hybridized carbons (Fsp3) is 0.273. The number of halogens is 1. The smallest absolute Gasteiger partial charge is 0.279 e. The summed E-state index contributed by atoms with van der Waals surface area (Å²) in [5.74, 6) is 0.0272. The Morgan fingerprint density at radius 3 is 2.85 bits per heavy atom. The van der Waals surface area contributed by atoms with Crippen LogP contribution >= 0.6 is 15.9 Å². The lowest BCUT2D eigenvalue weighted by molar-refractivity contribution is 0.0975. The first-order valence-corrected chi connectivity index (χ1v) is 10.2. The van der Waals surface area contributed by atoms with Gasteiger partial charge in [0.1, 0.15) is 0 Å². The molecule has 5 heteroatoms. The Bertz CT molecular complexity index is 1060. The van der Waals surface area contributed by atoms with Crippen molar-refractivity contribution in [1.82, 2.24) is 9.78 Å². The summed E-state index contributed by atoms with van der Waals surface area (Å²) in [5.41, 5.74) is 6.18. The van der Waals surface area contributed by atoms with Crippen molar-refractivity contribution < 1.29 is 4.79 Å². The summed E-state index contributed by atoms with van der Waals surface area (Å²) in [6.45, 7) is 2.11. The molecule has 136 valence electrons. The predicted octanol–water partition coefficient (Wildman–Crippen LogP) is 4.71. The topological polar surface area (TPSA) is 38.1 Å². The zero-order chi connectivity index (χ0) is 18.5. The van der Waals surface area contributed by atoms with Crippen molar-refractivity contribution in [2.75, 3.05) is 4.90 Å². The molecule has 3 aromatic rings. The average Bonchev–Trinajstić information content (AvgIpc) is 3.33. The zero-order valence-corrected chi connectivity index (χ0v) is 16.7. The third-order valence-corrected chi connectivity index (χ3v) is 6.10. The van der Waals surface area contributed by atoms with Crippen LogP contribution in [0.2, 0.25) is 0 Å². The van der Waals surface area contributed by atoms with Gasteiger partial charge in [0.05, 0.1) is 5.69 Å². The highest BCUT2D eigenvalue weighted by molar-refractivity contribution is 9.10. The quantitative estimate of drug-likeness (QED) is 0.600. The Kier molecular flexibility index (Phi) is 3.93. The van der Waals surface area contributed by atoms with E-state index >= 15 is 0 Å². The first-order chi connectivity index (χ1) is 13.1. The van der Waals surface area contributed by atoms with Gasteiger partial charge in [0, 0.05) is 27.5 Å². The van der Waals surface area contributed by atoms with Crippen LogP contribution in [0.5, 0.6) is 0 Å². The molecule has 0 saturated heterocycles. The number of nitrogens with zero attached hydrogens (tertiary/aromatic N) is 3. The maximum Gasteiger partial charge on any atom is 0.279 e. The third kappa shape index (κ3) is 2.64. The van der Waals surface area contributed by atoms with E-state index in [1.807, 2.05) is 52.0 Å². The molecule has 1 atom stereocenters. The number of para-hydroxylation sites is 1. The Balaban J connectivity index is 1.60. The molecule has 0 fully saturated rings. The van der Waals surface area contributed by atoms with Crippen molar-refractivity contribution in [1.29, 1.82) is 0 Å². The van der Waals surface area contributed by atoms with Crippen LogP contribution in [0.25, 0.3) is 5.69 Å². The van der Waals surface area contributed by atoms with Crippen LogP contribution in [0.1, 0.15) is 40.7 Å². The molecule has 1 aliphatic heterocycles. The van der Waals surface area contributed by atoms with Crippen LogP contribution in [0.3, 0.4) is 0 Å². The van der Waals surface area contributed by atoms with E-state index in [1.165, 1.54) is 11.3 Å². The van der Waals surface area contributed by atoms with Gasteiger partial charge >= 0.3 is 0 Å². The Morgan fingerprint density at radius 1 is 1.15 bits per heavy atom. The van der Waals surface area contributed by atoms with Gasteiger partial charge in [-0.1, -0.05) is 40.2 Å². The second kappa shape index (κ2) is 6.34. The second-order valence-electron chi connectivity index (χ2n) is 7.38. The van der Waals surface area contributed by atoms with Gasteiger partial charge in [-0.05, 0) is 62.4 Å². The number of amides is 1. The lowest BCUT2D eigenvalue weighted by Crippen LogP contribution is -2.36. The largest absolute Gasteiger partial charge is 0.304 e. The SMILES string of the molecule is CC1Cc2ccccc2N1C(=O)c1nn(-c2cccc(Br)c2)c2c1CCC2. The molecule has 0 spiro atoms. The molecule has 0 saturated carbocycles. The van der Waals surface area contributed by atoms with Gasteiger partial charge in [-0.15, -0.1) is 0 Å². The molecule has 2 heterocycles. The summed E-state index contributed by atoms with van der Waals surface area (Å²) in [5, 5.41) is 4.80. The molecular formula is C22H20BrN3O. The number of carbonyl (C=O) groups is 1. The minimum absolute atomic E-state index is 0.0272. The summed E-state index contributed by atoms with van der Waals surface area (Å²) >= 11 is 3.54. The molecule has 2 aliphatic rings. The summed E-state index contributed by atoms with van der Waals surface area (Å²) in [6, 6.07) is 16.5. The van der Waals surface area contributed by atoms with Crippen LogP contribution in [0, 0.1) is 0 Å². The van der Waals surface area contributed by atoms with Crippen molar-refractivity contribution in [3.8, 4) is 5.69 Å². The van der Waals surface area contributed by atoms with Gasteiger partial charge in [-0.25, -0.2) is 4.68 Å². The maximum absolute atomic E-state index is 13.5. The molecule has 0 N–H and O–H groups in total. The van der Waals surface area contributed by atoms with Crippen LogP contribution in [-0.4, -0.2) is 21.7 Å². The van der Waals surface area contributed by atoms with Gasteiger partial charge in [0.15, 0.2) is 5.69 Å². The van der Waals surface area contributed by atoms with Crippen molar-refractivity contribution in [3.63, 3.8) is 0 Å². The summed E-state index contributed by atoms with van der Waals surface area (Å²) in [4.78, 5) is 15.5. The summed E-state index contributed by atoms with van der Waals surface area (Å²) in [6.07, 6.45) is 3.87. The van der Waals surface area contributed by atoms with E-state index in [0.29, 0.717) is 5.69 Å². The molecule has 5 rings (SSSR count). The molecule has 1 aliphatic carbocycles. The summed E-state index contributed by atoms with van der Waals surface area (Å²) < 4.78 is 2.98. The van der Waals surface area contributed by atoms with Crippen molar-refractivity contribution in [2.24, 2.45) is 0 Å². The minimum atomic E-state index is 0.0272. The van der Waals surface area contributed by atoms with Crippen LogP contribution < -0.4 is 4.90 Å². The number of hydrogen-bond acceptors (Lipinski definition) is 2. The predicted molar refractivity (Wildman–Crippen MR) is 110 cm³/mol. The van der Waals surface area contributed by atoms with Crippen molar-refractivity contribution >= 4 is 27.5 Å². The molecule has 0 bridgehead atoms. The van der Waals surface area contributed by atoms with Gasteiger partial charge in [0.25, 0.3) is 5.91 Å². The molecule has 2 aromatic carbocycles. The molecule has 0 radical (unpaired) electrons. The Hall–Kier alpha value is -2.40. The molecule has 4 nitrogen and oxygen atoms in total. The Morgan fingerprint density at radius 2 is 2.00 bits per heavy atom. The van der Waals surface area contributed by atoms with Gasteiger partial charge in [0.2, 0.25) is 0 Å². The fourth-order valence-corrected chi connectivity index (χ4v) is 4.81. The standard InChI is InChI=1S/C22H20BrN3O/c1-14-12-15-6-2-3-10-19(15)25(14)22(27)21-18-9-5-11-20(18)26(24-21)17-8-4-7-16(23)13-17/h2-4,6-8,10,13-14H,5,9,11-12H2,1H3. The molecule has 27 heavy (non-hydrogen) atoms. The number of benzene rings is 2. The Labute approximate surface area is 166 Å². The minimum Gasteiger partial charge on any atom is -0.304 e. The number of fused-ring (bicyclic) bond motifs is 2. The normalized spacial score (nSPS) is 17.9. The van der Waals surface area contributed by atoms with Crippen molar-refractivity contribution in [3.05, 3.63) is 75.5 Å². The van der Waals surface area contributed by atoms with E-state index in [1.54, 1.807) is 0 Å². The zero-order valence-electron chi connectivity index (χ0n) is 15.2. The van der Waals surface area contributed by atoms with Gasteiger partial charge in [-0.3, -0.25) is 4.79 Å². The van der Waals surface area contributed by atoms with E-state index in [4.69, 9.17) is 5.10 Å². The van der Waals surface area contributed by atoms with Crippen LogP contribution in [0.4, 0.5) is 5.69 Å². The summed E-state index contributed by atoms with van der Waals surface area (Å²) in [7, 11) is 0. The number of aromatic nitrogens is 2. The van der Waals surface area contributed by atoms with E-state index in [2.05, 4.69) is 28.9 Å². The average molecular weight is 422 g/mol. The fourth-order valence-electron chi connectivity index (χ4n) is 4.42. The highest BCUT2D eigenvalue weighted by Crippen LogP contribution is 2.35. The number of anilines is 1. The third-order valence-electron chi connectivity index (χ3n) is 5.61.